The normalized spacial score (nSPS) is 10.2. The van der Waals surface area contributed by atoms with E-state index in [0.717, 1.165) is 39.2 Å². The van der Waals surface area contributed by atoms with Gasteiger partial charge in [0, 0.05) is 31.5 Å². The zero-order chi connectivity index (χ0) is 20.4. The van der Waals surface area contributed by atoms with Crippen LogP contribution >= 0.6 is 0 Å². The minimum Gasteiger partial charge on any atom is -0.378 e. The molecule has 0 saturated carbocycles. The van der Waals surface area contributed by atoms with E-state index < -0.39 is 0 Å². The van der Waals surface area contributed by atoms with Gasteiger partial charge in [-0.05, 0) is 67.3 Å². The molecule has 0 amide bonds. The molecule has 0 saturated heterocycles. The maximum absolute atomic E-state index is 9.87. The number of aryl methyl sites for hydroxylation is 3. The van der Waals surface area contributed by atoms with Crippen LogP contribution in [-0.4, -0.2) is 19.1 Å². The van der Waals surface area contributed by atoms with E-state index in [0.29, 0.717) is 11.3 Å². The third-order valence-electron chi connectivity index (χ3n) is 4.84. The molecule has 0 atom stereocenters. The van der Waals surface area contributed by atoms with Gasteiger partial charge in [-0.25, -0.2) is 4.85 Å². The molecule has 0 spiro atoms. The van der Waals surface area contributed by atoms with Crippen LogP contribution in [0.3, 0.4) is 0 Å². The second-order valence-electron chi connectivity index (χ2n) is 7.21. The van der Waals surface area contributed by atoms with Crippen molar-refractivity contribution in [1.82, 2.24) is 4.98 Å². The predicted octanol–water partition coefficient (Wildman–Crippen LogP) is 5.83. The van der Waals surface area contributed by atoms with Crippen molar-refractivity contribution in [2.75, 3.05) is 19.0 Å². The van der Waals surface area contributed by atoms with E-state index in [9.17, 15) is 5.26 Å². The van der Waals surface area contributed by atoms with Crippen molar-refractivity contribution in [2.24, 2.45) is 0 Å². The summed E-state index contributed by atoms with van der Waals surface area (Å²) in [5.74, 6) is 0. The van der Waals surface area contributed by atoms with Gasteiger partial charge in [0.1, 0.15) is 0 Å². The Kier molecular flexibility index (Phi) is 5.16. The van der Waals surface area contributed by atoms with Crippen LogP contribution in [0, 0.1) is 38.7 Å². The second kappa shape index (κ2) is 7.55. The molecule has 0 aliphatic heterocycles. The Hall–Kier alpha value is -3.63. The van der Waals surface area contributed by atoms with Crippen LogP contribution in [0.1, 0.15) is 22.3 Å². The first kappa shape index (κ1) is 19.1. The summed E-state index contributed by atoms with van der Waals surface area (Å²) in [6, 6.07) is 14.0. The summed E-state index contributed by atoms with van der Waals surface area (Å²) in [5, 5.41) is 9.87. The molecule has 0 unspecified atom stereocenters. The number of nitriles is 1. The quantitative estimate of drug-likeness (QED) is 0.548. The van der Waals surface area contributed by atoms with Gasteiger partial charge >= 0.3 is 0 Å². The highest BCUT2D eigenvalue weighted by Crippen LogP contribution is 2.41. The smallest absolute Gasteiger partial charge is 0.189 e. The van der Waals surface area contributed by atoms with Gasteiger partial charge in [-0.3, -0.25) is 4.98 Å². The van der Waals surface area contributed by atoms with E-state index in [-0.39, 0.29) is 0 Å². The van der Waals surface area contributed by atoms with Gasteiger partial charge in [0.2, 0.25) is 0 Å². The van der Waals surface area contributed by atoms with Gasteiger partial charge in [-0.15, -0.1) is 0 Å². The maximum Gasteiger partial charge on any atom is 0.189 e. The van der Waals surface area contributed by atoms with Crippen LogP contribution in [0.5, 0.6) is 0 Å². The summed E-state index contributed by atoms with van der Waals surface area (Å²) in [7, 11) is 3.95. The maximum atomic E-state index is 9.87. The standard InChI is InChI=1S/C24H22N4/c1-15-9-16(2)23(17(3)10-15)24-18(14-25)11-19(26-4)12-21(24)22-13-20(28(5)6)7-8-27-22/h7-13H,1-3,5-6H3. The highest BCUT2D eigenvalue weighted by molar-refractivity contribution is 5.91. The summed E-state index contributed by atoms with van der Waals surface area (Å²) >= 11 is 0. The average Bonchev–Trinajstić information content (AvgIpc) is 2.67. The van der Waals surface area contributed by atoms with Gasteiger partial charge < -0.3 is 4.90 Å². The first-order chi connectivity index (χ1) is 13.3. The molecule has 0 N–H and O–H groups in total. The summed E-state index contributed by atoms with van der Waals surface area (Å²) < 4.78 is 0. The SMILES string of the molecule is [C-]#[N+]c1cc(C#N)c(-c2c(C)cc(C)cc2C)c(-c2cc(N(C)C)ccn2)c1. The Balaban J connectivity index is 2.43. The number of benzene rings is 2. The molecule has 138 valence electrons. The summed E-state index contributed by atoms with van der Waals surface area (Å²) in [5.41, 5.74) is 8.78. The summed E-state index contributed by atoms with van der Waals surface area (Å²) in [6.07, 6.45) is 1.76. The first-order valence-electron chi connectivity index (χ1n) is 9.03. The lowest BCUT2D eigenvalue weighted by molar-refractivity contribution is 1.12. The molecule has 0 bridgehead atoms. The number of hydrogen-bond donors (Lipinski definition) is 0. The number of nitrogens with zero attached hydrogens (tertiary/aromatic N) is 4. The zero-order valence-electron chi connectivity index (χ0n) is 16.8. The molecule has 0 aliphatic rings. The minimum absolute atomic E-state index is 0.440. The summed E-state index contributed by atoms with van der Waals surface area (Å²) in [6.45, 7) is 13.7. The van der Waals surface area contributed by atoms with Gasteiger partial charge in [-0.1, -0.05) is 17.7 Å². The fraction of sp³-hybridized carbons (Fsp3) is 0.208. The average molecular weight is 366 g/mol. The van der Waals surface area contributed by atoms with Crippen LogP contribution < -0.4 is 4.90 Å². The van der Waals surface area contributed by atoms with E-state index in [1.807, 2.05) is 37.2 Å². The monoisotopic (exact) mass is 366 g/mol. The van der Waals surface area contributed by atoms with Crippen LogP contribution in [0.2, 0.25) is 0 Å². The number of pyridine rings is 1. The number of aromatic nitrogens is 1. The van der Waals surface area contributed by atoms with E-state index in [4.69, 9.17) is 6.57 Å². The Morgan fingerprint density at radius 1 is 1.00 bits per heavy atom. The third kappa shape index (κ3) is 3.46. The fourth-order valence-corrected chi connectivity index (χ4v) is 3.67. The molecule has 3 rings (SSSR count). The van der Waals surface area contributed by atoms with Crippen molar-refractivity contribution >= 4 is 11.4 Å². The lowest BCUT2D eigenvalue weighted by atomic mass is 9.86. The molecular weight excluding hydrogens is 344 g/mol. The number of hydrogen-bond acceptors (Lipinski definition) is 3. The van der Waals surface area contributed by atoms with Crippen LogP contribution in [0.25, 0.3) is 27.2 Å². The Morgan fingerprint density at radius 3 is 2.25 bits per heavy atom. The second-order valence-corrected chi connectivity index (χ2v) is 7.21. The van der Waals surface area contributed by atoms with Crippen molar-refractivity contribution in [3.63, 3.8) is 0 Å². The highest BCUT2D eigenvalue weighted by Gasteiger charge is 2.19. The molecule has 3 aromatic rings. The number of anilines is 1. The molecule has 4 heteroatoms. The molecule has 28 heavy (non-hydrogen) atoms. The number of rotatable bonds is 3. The van der Waals surface area contributed by atoms with Crippen molar-refractivity contribution in [3.8, 4) is 28.5 Å². The van der Waals surface area contributed by atoms with E-state index >= 15 is 0 Å². The Labute approximate surface area is 166 Å². The van der Waals surface area contributed by atoms with Gasteiger partial charge in [-0.2, -0.15) is 5.26 Å². The van der Waals surface area contributed by atoms with Gasteiger partial charge in [0.15, 0.2) is 5.69 Å². The molecule has 1 aromatic heterocycles. The highest BCUT2D eigenvalue weighted by atomic mass is 15.1. The van der Waals surface area contributed by atoms with Crippen molar-refractivity contribution in [3.05, 3.63) is 76.3 Å². The lowest BCUT2D eigenvalue weighted by Gasteiger charge is -2.19. The van der Waals surface area contributed by atoms with Gasteiger partial charge in [0.05, 0.1) is 23.9 Å². The minimum atomic E-state index is 0.440. The lowest BCUT2D eigenvalue weighted by Crippen LogP contribution is -2.08. The molecule has 1 heterocycles. The Morgan fingerprint density at radius 2 is 1.68 bits per heavy atom. The van der Waals surface area contributed by atoms with E-state index in [1.165, 1.54) is 5.56 Å². The predicted molar refractivity (Wildman–Crippen MR) is 115 cm³/mol. The molecule has 0 aliphatic carbocycles. The summed E-state index contributed by atoms with van der Waals surface area (Å²) in [4.78, 5) is 10.2. The molecular formula is C24H22N4. The van der Waals surface area contributed by atoms with Crippen molar-refractivity contribution in [2.45, 2.75) is 20.8 Å². The first-order valence-corrected chi connectivity index (χ1v) is 9.03. The van der Waals surface area contributed by atoms with E-state index in [1.54, 1.807) is 12.3 Å². The molecule has 0 fully saturated rings. The Bertz CT molecular complexity index is 1120. The van der Waals surface area contributed by atoms with Crippen LogP contribution in [-0.2, 0) is 0 Å². The zero-order valence-corrected chi connectivity index (χ0v) is 16.8. The molecule has 2 aromatic carbocycles. The van der Waals surface area contributed by atoms with Gasteiger partial charge in [0.25, 0.3) is 0 Å². The molecule has 4 nitrogen and oxygen atoms in total. The van der Waals surface area contributed by atoms with Crippen LogP contribution in [0.4, 0.5) is 11.4 Å². The molecule has 0 radical (unpaired) electrons. The van der Waals surface area contributed by atoms with Crippen molar-refractivity contribution < 1.29 is 0 Å². The topological polar surface area (TPSA) is 44.3 Å². The largest absolute Gasteiger partial charge is 0.378 e. The van der Waals surface area contributed by atoms with Crippen LogP contribution in [0.15, 0.2) is 42.6 Å². The fourth-order valence-electron chi connectivity index (χ4n) is 3.67. The van der Waals surface area contributed by atoms with E-state index in [2.05, 4.69) is 48.8 Å². The van der Waals surface area contributed by atoms with Crippen molar-refractivity contribution in [1.29, 1.82) is 5.26 Å². The third-order valence-corrected chi connectivity index (χ3v) is 4.84.